The molecule has 110 valence electrons. The maximum Gasteiger partial charge on any atom is 0.173 e. The third kappa shape index (κ3) is 5.04. The van der Waals surface area contributed by atoms with Crippen LogP contribution in [-0.4, -0.2) is 30.2 Å². The lowest BCUT2D eigenvalue weighted by atomic mass is 10.3. The second-order valence-electron chi connectivity index (χ2n) is 4.52. The van der Waals surface area contributed by atoms with E-state index in [1.165, 1.54) is 12.1 Å². The predicted molar refractivity (Wildman–Crippen MR) is 87.2 cm³/mol. The molecule has 2 aromatic rings. The Labute approximate surface area is 129 Å². The van der Waals surface area contributed by atoms with Crippen molar-refractivity contribution in [2.45, 2.75) is 0 Å². The fourth-order valence-electron chi connectivity index (χ4n) is 1.67. The molecular weight excluding hydrogens is 287 g/mol. The van der Waals surface area contributed by atoms with E-state index in [4.69, 9.17) is 17.0 Å². The normalized spacial score (nSPS) is 10.0. The minimum absolute atomic E-state index is 0.268. The molecule has 0 amide bonds. The Bertz CT molecular complexity index is 575. The Balaban J connectivity index is 1.76. The molecule has 21 heavy (non-hydrogen) atoms. The number of hydrogen-bond acceptors (Lipinski definition) is 2. The Morgan fingerprint density at radius 2 is 1.81 bits per heavy atom. The average molecular weight is 304 g/mol. The molecule has 0 spiro atoms. The van der Waals surface area contributed by atoms with Crippen molar-refractivity contribution < 1.29 is 9.13 Å². The standard InChI is InChI=1S/C16H17FN2OS/c1-19(11-12-20-15-5-3-2-4-6-15)16(21)18-14-9-7-13(17)8-10-14/h2-10H,11-12H2,1H3,(H,18,21). The Kier molecular flexibility index (Phi) is 5.51. The van der Waals surface area contributed by atoms with Crippen LogP contribution in [0.25, 0.3) is 0 Å². The number of hydrogen-bond donors (Lipinski definition) is 1. The van der Waals surface area contributed by atoms with Gasteiger partial charge in [-0.3, -0.25) is 0 Å². The zero-order valence-electron chi connectivity index (χ0n) is 11.8. The van der Waals surface area contributed by atoms with E-state index in [9.17, 15) is 4.39 Å². The monoisotopic (exact) mass is 304 g/mol. The largest absolute Gasteiger partial charge is 0.492 e. The lowest BCUT2D eigenvalue weighted by molar-refractivity contribution is 0.285. The number of halogens is 1. The highest BCUT2D eigenvalue weighted by molar-refractivity contribution is 7.80. The molecule has 2 rings (SSSR count). The number of anilines is 1. The summed E-state index contributed by atoms with van der Waals surface area (Å²) in [5, 5.41) is 3.62. The Morgan fingerprint density at radius 3 is 2.48 bits per heavy atom. The van der Waals surface area contributed by atoms with Gasteiger partial charge >= 0.3 is 0 Å². The topological polar surface area (TPSA) is 24.5 Å². The second kappa shape index (κ2) is 7.59. The fraction of sp³-hybridized carbons (Fsp3) is 0.188. The first kappa shape index (κ1) is 15.3. The van der Waals surface area contributed by atoms with E-state index in [1.54, 1.807) is 12.1 Å². The van der Waals surface area contributed by atoms with Crippen molar-refractivity contribution in [1.82, 2.24) is 4.90 Å². The summed E-state index contributed by atoms with van der Waals surface area (Å²) in [6.07, 6.45) is 0. The van der Waals surface area contributed by atoms with E-state index in [0.29, 0.717) is 18.3 Å². The zero-order valence-corrected chi connectivity index (χ0v) is 12.6. The van der Waals surface area contributed by atoms with Gasteiger partial charge < -0.3 is 15.0 Å². The predicted octanol–water partition coefficient (Wildman–Crippen LogP) is 3.53. The maximum absolute atomic E-state index is 12.8. The number of benzene rings is 2. The van der Waals surface area contributed by atoms with E-state index in [2.05, 4.69) is 5.32 Å². The van der Waals surface area contributed by atoms with Crippen LogP contribution in [0.4, 0.5) is 10.1 Å². The van der Waals surface area contributed by atoms with Gasteiger partial charge in [0, 0.05) is 12.7 Å². The zero-order chi connectivity index (χ0) is 15.1. The summed E-state index contributed by atoms with van der Waals surface area (Å²) >= 11 is 5.29. The van der Waals surface area contributed by atoms with Gasteiger partial charge in [0.15, 0.2) is 5.11 Å². The molecule has 0 saturated heterocycles. The van der Waals surface area contributed by atoms with Gasteiger partial charge in [0.25, 0.3) is 0 Å². The number of ether oxygens (including phenoxy) is 1. The first-order valence-electron chi connectivity index (χ1n) is 6.61. The van der Waals surface area contributed by atoms with Crippen LogP contribution in [0.2, 0.25) is 0 Å². The van der Waals surface area contributed by atoms with E-state index in [0.717, 1.165) is 11.4 Å². The molecule has 0 heterocycles. The number of nitrogens with zero attached hydrogens (tertiary/aromatic N) is 1. The number of para-hydroxylation sites is 1. The van der Waals surface area contributed by atoms with Crippen molar-refractivity contribution in [3.8, 4) is 5.75 Å². The molecule has 1 N–H and O–H groups in total. The number of rotatable bonds is 5. The SMILES string of the molecule is CN(CCOc1ccccc1)C(=S)Nc1ccc(F)cc1. The first-order valence-corrected chi connectivity index (χ1v) is 7.01. The summed E-state index contributed by atoms with van der Waals surface area (Å²) in [5.74, 6) is 0.569. The summed E-state index contributed by atoms with van der Waals surface area (Å²) in [4.78, 5) is 1.88. The van der Waals surface area contributed by atoms with Crippen molar-refractivity contribution >= 4 is 23.0 Å². The lowest BCUT2D eigenvalue weighted by Gasteiger charge is -2.21. The molecule has 0 aliphatic rings. The van der Waals surface area contributed by atoms with Crippen LogP contribution in [0.3, 0.4) is 0 Å². The van der Waals surface area contributed by atoms with E-state index < -0.39 is 0 Å². The van der Waals surface area contributed by atoms with Gasteiger partial charge in [-0.25, -0.2) is 4.39 Å². The van der Waals surface area contributed by atoms with Crippen molar-refractivity contribution in [2.75, 3.05) is 25.5 Å². The van der Waals surface area contributed by atoms with Crippen LogP contribution >= 0.6 is 12.2 Å². The molecule has 0 atom stereocenters. The van der Waals surface area contributed by atoms with Crippen LogP contribution < -0.4 is 10.1 Å². The van der Waals surface area contributed by atoms with Gasteiger partial charge in [-0.05, 0) is 48.6 Å². The van der Waals surface area contributed by atoms with Crippen molar-refractivity contribution in [2.24, 2.45) is 0 Å². The van der Waals surface area contributed by atoms with Gasteiger partial charge in [0.1, 0.15) is 18.2 Å². The highest BCUT2D eigenvalue weighted by atomic mass is 32.1. The second-order valence-corrected chi connectivity index (χ2v) is 4.91. The summed E-state index contributed by atoms with van der Waals surface area (Å²) < 4.78 is 18.4. The van der Waals surface area contributed by atoms with Crippen molar-refractivity contribution in [3.05, 3.63) is 60.4 Å². The van der Waals surface area contributed by atoms with Crippen LogP contribution in [0.1, 0.15) is 0 Å². The van der Waals surface area contributed by atoms with Crippen LogP contribution in [-0.2, 0) is 0 Å². The molecule has 0 bridgehead atoms. The van der Waals surface area contributed by atoms with Gasteiger partial charge in [-0.15, -0.1) is 0 Å². The van der Waals surface area contributed by atoms with E-state index in [1.807, 2.05) is 42.3 Å². The smallest absolute Gasteiger partial charge is 0.173 e. The minimum Gasteiger partial charge on any atom is -0.492 e. The first-order chi connectivity index (χ1) is 10.1. The van der Waals surface area contributed by atoms with E-state index >= 15 is 0 Å². The van der Waals surface area contributed by atoms with Gasteiger partial charge in [-0.1, -0.05) is 18.2 Å². The molecule has 0 unspecified atom stereocenters. The Hall–Kier alpha value is -2.14. The molecule has 2 aromatic carbocycles. The molecule has 0 fully saturated rings. The molecular formula is C16H17FN2OS. The number of nitrogens with one attached hydrogen (secondary N) is 1. The maximum atomic E-state index is 12.8. The van der Waals surface area contributed by atoms with Crippen molar-refractivity contribution in [3.63, 3.8) is 0 Å². The summed E-state index contributed by atoms with van der Waals surface area (Å²) in [5.41, 5.74) is 0.761. The third-order valence-electron chi connectivity index (χ3n) is 2.88. The van der Waals surface area contributed by atoms with Gasteiger partial charge in [0.05, 0.1) is 6.54 Å². The molecule has 0 aromatic heterocycles. The van der Waals surface area contributed by atoms with Crippen LogP contribution in [0.15, 0.2) is 54.6 Å². The summed E-state index contributed by atoms with van der Waals surface area (Å²) in [6, 6.07) is 15.7. The number of likely N-dealkylation sites (N-methyl/N-ethyl adjacent to an activating group) is 1. The van der Waals surface area contributed by atoms with E-state index in [-0.39, 0.29) is 5.82 Å². The highest BCUT2D eigenvalue weighted by Gasteiger charge is 2.05. The molecule has 0 aliphatic carbocycles. The molecule has 3 nitrogen and oxygen atoms in total. The molecule has 5 heteroatoms. The average Bonchev–Trinajstić information content (AvgIpc) is 2.50. The van der Waals surface area contributed by atoms with Gasteiger partial charge in [-0.2, -0.15) is 0 Å². The fourth-order valence-corrected chi connectivity index (χ4v) is 1.88. The quantitative estimate of drug-likeness (QED) is 0.854. The number of thiocarbonyl (C=S) groups is 1. The molecule has 0 aliphatic heterocycles. The third-order valence-corrected chi connectivity index (χ3v) is 3.29. The van der Waals surface area contributed by atoms with Crippen LogP contribution in [0.5, 0.6) is 5.75 Å². The Morgan fingerprint density at radius 1 is 1.14 bits per heavy atom. The van der Waals surface area contributed by atoms with Crippen molar-refractivity contribution in [1.29, 1.82) is 0 Å². The summed E-state index contributed by atoms with van der Waals surface area (Å²) in [7, 11) is 1.88. The van der Waals surface area contributed by atoms with Gasteiger partial charge in [0.2, 0.25) is 0 Å². The molecule has 0 radical (unpaired) electrons. The van der Waals surface area contributed by atoms with Crippen LogP contribution in [0, 0.1) is 5.82 Å². The molecule has 0 saturated carbocycles. The lowest BCUT2D eigenvalue weighted by Crippen LogP contribution is -2.34. The minimum atomic E-state index is -0.268. The highest BCUT2D eigenvalue weighted by Crippen LogP contribution is 2.10. The summed E-state index contributed by atoms with van der Waals surface area (Å²) in [6.45, 7) is 1.19.